The molecule has 44 heavy (non-hydrogen) atoms. The Bertz CT molecular complexity index is 1360. The Kier molecular flexibility index (Phi) is 10.6. The smallest absolute Gasteiger partial charge is 0.141 e. The second kappa shape index (κ2) is 12.5. The molecule has 2 atom stereocenters. The lowest BCUT2D eigenvalue weighted by atomic mass is 9.86. The fraction of sp³-hybridized carbons (Fsp3) is 0.500. The quantitative estimate of drug-likeness (QED) is 0.413. The Hall–Kier alpha value is -1.12. The molecule has 246 valence electrons. The summed E-state index contributed by atoms with van der Waals surface area (Å²) < 4.78 is 80.6. The minimum atomic E-state index is -4.65. The molecule has 0 amide bonds. The summed E-state index contributed by atoms with van der Waals surface area (Å²) in [4.78, 5) is 2.81. The fourth-order valence-electron chi connectivity index (χ4n) is 4.56. The van der Waals surface area contributed by atoms with Crippen molar-refractivity contribution in [1.82, 2.24) is 0 Å². The van der Waals surface area contributed by atoms with Gasteiger partial charge in [0.1, 0.15) is 29.0 Å². The number of hydrogen-bond donors (Lipinski definition) is 0. The second-order valence-electron chi connectivity index (χ2n) is 14.9. The Morgan fingerprint density at radius 1 is 0.455 bits per heavy atom. The Morgan fingerprint density at radius 2 is 0.727 bits per heavy atom. The molecule has 2 aliphatic rings. The van der Waals surface area contributed by atoms with E-state index in [2.05, 4.69) is 0 Å². The zero-order valence-electron chi connectivity index (χ0n) is 27.5. The van der Waals surface area contributed by atoms with Gasteiger partial charge in [0.2, 0.25) is 0 Å². The minimum Gasteiger partial charge on any atom is -0.182 e. The van der Waals surface area contributed by atoms with Crippen LogP contribution in [0.1, 0.15) is 94.2 Å². The third kappa shape index (κ3) is 9.47. The van der Waals surface area contributed by atoms with Crippen molar-refractivity contribution in [3.05, 3.63) is 69.5 Å². The van der Waals surface area contributed by atoms with Gasteiger partial charge in [-0.15, -0.1) is 0 Å². The molecule has 3 rings (SSSR count). The molecule has 0 radical (unpaired) electrons. The maximum Gasteiger partial charge on any atom is 0.141 e. The van der Waals surface area contributed by atoms with Gasteiger partial charge in [0.05, 0.1) is 20.5 Å². The van der Waals surface area contributed by atoms with Gasteiger partial charge < -0.3 is 0 Å². The van der Waals surface area contributed by atoms with Gasteiger partial charge in [0.15, 0.2) is 0 Å². The Labute approximate surface area is 271 Å². The first-order valence-electron chi connectivity index (χ1n) is 14.0. The number of allylic oxidation sites excluding steroid dienone is 8. The topological polar surface area (TPSA) is 157 Å². The molecule has 0 aromatic heterocycles. The predicted octanol–water partition coefficient (Wildman–Crippen LogP) is 2.97. The van der Waals surface area contributed by atoms with Crippen molar-refractivity contribution in [3.63, 3.8) is 0 Å². The van der Waals surface area contributed by atoms with E-state index < -0.39 is 63.7 Å². The molecule has 0 saturated carbocycles. The van der Waals surface area contributed by atoms with E-state index in [0.717, 1.165) is 22.3 Å². The standard InChI is InChI=1S/C32H44Cl2O8S2/c1-29(2,3)25-17-23(18-26(30(4,5)6)43(25)41-33(35,36)37)21-13-15-22(16-14-21)24-19-27(31(7,8)9)44(42-34(38,39)40)28(20-24)32(10,11)12/h13-20H,1-12H3. The summed E-state index contributed by atoms with van der Waals surface area (Å²) in [7, 11) is -12.0. The molecule has 8 nitrogen and oxygen atoms in total. The van der Waals surface area contributed by atoms with Gasteiger partial charge in [-0.05, 0) is 68.2 Å². The molecule has 0 saturated heterocycles. The molecule has 0 bridgehead atoms. The van der Waals surface area contributed by atoms with Gasteiger partial charge in [-0.25, -0.2) is 0 Å². The van der Waals surface area contributed by atoms with Crippen LogP contribution in [-0.4, -0.2) is 9.73 Å². The van der Waals surface area contributed by atoms with Crippen molar-refractivity contribution < 1.29 is 55.9 Å². The third-order valence-electron chi connectivity index (χ3n) is 6.73. The van der Waals surface area contributed by atoms with E-state index >= 15 is 0 Å². The average Bonchev–Trinajstić information content (AvgIpc) is 2.79. The zero-order valence-corrected chi connectivity index (χ0v) is 30.6. The van der Waals surface area contributed by atoms with Gasteiger partial charge in [-0.2, -0.15) is 28.0 Å². The van der Waals surface area contributed by atoms with Gasteiger partial charge in [0.25, 0.3) is 0 Å². The highest BCUT2D eigenvalue weighted by atomic mass is 35.7. The number of halogens is 2. The molecule has 2 aliphatic heterocycles. The highest BCUT2D eigenvalue weighted by Crippen LogP contribution is 2.51. The van der Waals surface area contributed by atoms with Crippen LogP contribution in [0.25, 0.3) is 11.1 Å². The van der Waals surface area contributed by atoms with Crippen LogP contribution in [0.4, 0.5) is 0 Å². The number of rotatable bonds is 6. The highest BCUT2D eigenvalue weighted by molar-refractivity contribution is 8.15. The number of hydrogen-bond acceptors (Lipinski definition) is 8. The Balaban J connectivity index is 2.20. The van der Waals surface area contributed by atoms with Crippen molar-refractivity contribution in [2.75, 3.05) is 0 Å². The summed E-state index contributed by atoms with van der Waals surface area (Å²) in [5, 5.41) is 0. The van der Waals surface area contributed by atoms with Crippen LogP contribution in [-0.2, 0) is 7.47 Å². The molecule has 0 aliphatic carbocycles. The summed E-state index contributed by atoms with van der Waals surface area (Å²) in [6.45, 7) is 23.5. The van der Waals surface area contributed by atoms with E-state index in [1.54, 1.807) is 0 Å². The Morgan fingerprint density at radius 3 is 0.932 bits per heavy atom. The third-order valence-corrected chi connectivity index (χ3v) is 13.5. The molecular formula is C32H44Cl2O8S2. The first-order valence-corrected chi connectivity index (χ1v) is 18.8. The van der Waals surface area contributed by atoms with Gasteiger partial charge >= 0.3 is 0 Å². The maximum absolute atomic E-state index is 11.7. The fourth-order valence-corrected chi connectivity index (χ4v) is 10.5. The average molecular weight is 692 g/mol. The van der Waals surface area contributed by atoms with E-state index in [4.69, 9.17) is 7.47 Å². The number of benzene rings is 1. The van der Waals surface area contributed by atoms with Gasteiger partial charge in [-0.3, -0.25) is 0 Å². The van der Waals surface area contributed by atoms with Crippen LogP contribution in [0.5, 0.6) is 0 Å². The van der Waals surface area contributed by atoms with E-state index in [-0.39, 0.29) is 0 Å². The van der Waals surface area contributed by atoms with E-state index in [9.17, 15) is 28.0 Å². The molecule has 2 unspecified atom stereocenters. The minimum absolute atomic E-state index is 0.490. The lowest BCUT2D eigenvalue weighted by molar-refractivity contribution is -1.91. The second-order valence-corrected chi connectivity index (χ2v) is 20.3. The molecule has 0 spiro atoms. The van der Waals surface area contributed by atoms with Crippen molar-refractivity contribution in [1.29, 1.82) is 0 Å². The van der Waals surface area contributed by atoms with E-state index in [0.29, 0.717) is 19.5 Å². The SMILES string of the molecule is CC(C)(C)C1=CC(c2ccc(C3=CC(C(C)(C)C)=S(O[Cl+3]([O-])([O-])[O-])C(C(C)(C)C)=C3)cc2)=CC(C(C)(C)C)=S1O[Cl+3]([O-])([O-])[O-]. The van der Waals surface area contributed by atoms with Crippen molar-refractivity contribution in [2.24, 2.45) is 21.7 Å². The van der Waals surface area contributed by atoms with Crippen LogP contribution < -0.4 is 28.0 Å². The van der Waals surface area contributed by atoms with E-state index in [1.807, 2.05) is 132 Å². The molecule has 12 heteroatoms. The lowest BCUT2D eigenvalue weighted by Crippen LogP contribution is -2.60. The van der Waals surface area contributed by atoms with Crippen LogP contribution in [0.15, 0.2) is 58.4 Å². The summed E-state index contributed by atoms with van der Waals surface area (Å²) in [5.41, 5.74) is 1.53. The molecule has 1 aromatic carbocycles. The summed E-state index contributed by atoms with van der Waals surface area (Å²) in [6.07, 6.45) is 7.62. The molecule has 1 aromatic rings. The van der Waals surface area contributed by atoms with Crippen molar-refractivity contribution >= 4 is 42.4 Å². The first kappa shape index (κ1) is 37.3. The maximum atomic E-state index is 11.7. The van der Waals surface area contributed by atoms with Crippen molar-refractivity contribution in [3.8, 4) is 0 Å². The molecule has 0 N–H and O–H groups in total. The van der Waals surface area contributed by atoms with Crippen LogP contribution in [0, 0.1) is 42.1 Å². The predicted molar refractivity (Wildman–Crippen MR) is 164 cm³/mol. The summed E-state index contributed by atoms with van der Waals surface area (Å²) in [6, 6.07) is 7.88. The largest absolute Gasteiger partial charge is 0.182 e. The highest BCUT2D eigenvalue weighted by Gasteiger charge is 2.40. The van der Waals surface area contributed by atoms with Crippen LogP contribution >= 0.6 is 21.5 Å². The van der Waals surface area contributed by atoms with Crippen LogP contribution in [0.2, 0.25) is 0 Å². The van der Waals surface area contributed by atoms with Gasteiger partial charge in [0, 0.05) is 19.5 Å². The summed E-state index contributed by atoms with van der Waals surface area (Å²) in [5.74, 6) is 0. The normalized spacial score (nSPS) is 21.1. The monoisotopic (exact) mass is 690 g/mol. The van der Waals surface area contributed by atoms with Gasteiger partial charge in [-0.1, -0.05) is 107 Å². The summed E-state index contributed by atoms with van der Waals surface area (Å²) >= 11 is 0. The zero-order chi connectivity index (χ0) is 33.8. The van der Waals surface area contributed by atoms with Crippen molar-refractivity contribution in [2.45, 2.75) is 83.1 Å². The molecule has 0 fully saturated rings. The molecule has 2 heterocycles. The first-order chi connectivity index (χ1) is 19.6. The van der Waals surface area contributed by atoms with Crippen LogP contribution in [0.3, 0.4) is 0 Å². The van der Waals surface area contributed by atoms with E-state index in [1.165, 1.54) is 0 Å². The molecular weight excluding hydrogens is 647 g/mol. The lowest BCUT2D eigenvalue weighted by Gasteiger charge is -2.32.